The minimum atomic E-state index is 0.605. The molecule has 0 amide bonds. The van der Waals surface area contributed by atoms with E-state index < -0.39 is 0 Å². The van der Waals surface area contributed by atoms with Crippen LogP contribution in [0.2, 0.25) is 0 Å². The first-order chi connectivity index (χ1) is 9.20. The Balaban J connectivity index is 1.93. The minimum absolute atomic E-state index is 0.605. The summed E-state index contributed by atoms with van der Waals surface area (Å²) in [6.45, 7) is 7.54. The van der Waals surface area contributed by atoms with E-state index >= 15 is 0 Å². The van der Waals surface area contributed by atoms with Crippen LogP contribution in [0, 0.1) is 5.92 Å². The van der Waals surface area contributed by atoms with Crippen molar-refractivity contribution in [2.24, 2.45) is 5.92 Å². The molecule has 1 aromatic rings. The van der Waals surface area contributed by atoms with Gasteiger partial charge in [0.15, 0.2) is 0 Å². The monoisotopic (exact) mass is 325 g/mol. The molecule has 1 heterocycles. The van der Waals surface area contributed by atoms with Gasteiger partial charge in [0.05, 0.1) is 11.1 Å². The first-order valence-corrected chi connectivity index (χ1v) is 8.13. The van der Waals surface area contributed by atoms with Crippen molar-refractivity contribution in [2.45, 2.75) is 39.0 Å². The summed E-state index contributed by atoms with van der Waals surface area (Å²) in [7, 11) is 0. The fourth-order valence-corrected chi connectivity index (χ4v) is 2.96. The average Bonchev–Trinajstić information content (AvgIpc) is 2.46. The van der Waals surface area contributed by atoms with Gasteiger partial charge in [0.2, 0.25) is 0 Å². The summed E-state index contributed by atoms with van der Waals surface area (Å²) >= 11 is 3.63. The van der Waals surface area contributed by atoms with Crippen LogP contribution in [0.3, 0.4) is 0 Å². The number of rotatable bonds is 5. The highest BCUT2D eigenvalue weighted by atomic mass is 79.9. The Morgan fingerprint density at radius 1 is 1.47 bits per heavy atom. The van der Waals surface area contributed by atoms with Crippen molar-refractivity contribution >= 4 is 15.9 Å². The molecule has 0 saturated carbocycles. The summed E-state index contributed by atoms with van der Waals surface area (Å²) < 4.78 is 7.04. The van der Waals surface area contributed by atoms with E-state index in [1.54, 1.807) is 0 Å². The summed E-state index contributed by atoms with van der Waals surface area (Å²) in [6, 6.07) is 6.48. The fourth-order valence-electron chi connectivity index (χ4n) is 2.45. The smallest absolute Gasteiger partial charge is 0.133 e. The van der Waals surface area contributed by atoms with Crippen LogP contribution in [0.15, 0.2) is 22.7 Å². The van der Waals surface area contributed by atoms with Gasteiger partial charge in [0, 0.05) is 12.5 Å². The topological polar surface area (TPSA) is 21.3 Å². The molecule has 19 heavy (non-hydrogen) atoms. The van der Waals surface area contributed by atoms with Gasteiger partial charge in [-0.25, -0.2) is 0 Å². The normalized spacial score (nSPS) is 21.1. The lowest BCUT2D eigenvalue weighted by molar-refractivity contribution is 0.217. The summed E-state index contributed by atoms with van der Waals surface area (Å²) in [5.41, 5.74) is 1.38. The van der Waals surface area contributed by atoms with Gasteiger partial charge in [-0.15, -0.1) is 0 Å². The quantitative estimate of drug-likeness (QED) is 0.869. The van der Waals surface area contributed by atoms with Crippen LogP contribution < -0.4 is 10.1 Å². The number of nitrogens with one attached hydrogen (secondary N) is 1. The molecule has 0 spiro atoms. The van der Waals surface area contributed by atoms with Crippen LogP contribution in [0.5, 0.6) is 5.75 Å². The molecule has 1 saturated heterocycles. The van der Waals surface area contributed by atoms with Crippen LogP contribution in [-0.2, 0) is 0 Å². The van der Waals surface area contributed by atoms with E-state index in [0.717, 1.165) is 29.9 Å². The second kappa shape index (κ2) is 7.30. The summed E-state index contributed by atoms with van der Waals surface area (Å²) in [5, 5.41) is 3.43. The van der Waals surface area contributed by atoms with Crippen molar-refractivity contribution in [1.82, 2.24) is 5.32 Å². The molecule has 106 valence electrons. The Labute approximate surface area is 125 Å². The number of hydrogen-bond donors (Lipinski definition) is 1. The lowest BCUT2D eigenvalue weighted by Gasteiger charge is -2.23. The van der Waals surface area contributed by atoms with Crippen molar-refractivity contribution in [1.29, 1.82) is 0 Å². The zero-order chi connectivity index (χ0) is 13.7. The first-order valence-electron chi connectivity index (χ1n) is 7.33. The fraction of sp³-hybridized carbons (Fsp3) is 0.625. The van der Waals surface area contributed by atoms with Gasteiger partial charge < -0.3 is 10.1 Å². The van der Waals surface area contributed by atoms with E-state index in [4.69, 9.17) is 4.74 Å². The second-order valence-electron chi connectivity index (χ2n) is 5.52. The highest BCUT2D eigenvalue weighted by Gasteiger charge is 2.14. The van der Waals surface area contributed by atoms with Gasteiger partial charge in [0.25, 0.3) is 0 Å². The molecule has 0 unspecified atom stereocenters. The Kier molecular flexibility index (Phi) is 5.71. The van der Waals surface area contributed by atoms with Crippen LogP contribution in [0.4, 0.5) is 0 Å². The van der Waals surface area contributed by atoms with E-state index in [1.807, 2.05) is 0 Å². The number of ether oxygens (including phenoxy) is 1. The molecule has 1 fully saturated rings. The van der Waals surface area contributed by atoms with Crippen LogP contribution in [0.25, 0.3) is 0 Å². The average molecular weight is 326 g/mol. The number of halogens is 1. The molecule has 1 aliphatic heterocycles. The summed E-state index contributed by atoms with van der Waals surface area (Å²) in [6.07, 6.45) is 3.71. The maximum absolute atomic E-state index is 5.96. The Hall–Kier alpha value is -0.540. The molecule has 2 nitrogen and oxygen atoms in total. The number of hydrogen-bond acceptors (Lipinski definition) is 2. The SMILES string of the molecule is CC[C@H](C)c1ccc(OC[C@@H]2CCCNC2)c(Br)c1. The number of piperidine rings is 1. The second-order valence-corrected chi connectivity index (χ2v) is 6.38. The van der Waals surface area contributed by atoms with E-state index in [-0.39, 0.29) is 0 Å². The standard InChI is InChI=1S/C16H24BrNO/c1-3-12(2)14-6-7-16(15(17)9-14)19-11-13-5-4-8-18-10-13/h6-7,9,12-13,18H,3-5,8,10-11H2,1-2H3/t12-,13+/m0/s1. The lowest BCUT2D eigenvalue weighted by atomic mass is 9.99. The zero-order valence-corrected chi connectivity index (χ0v) is 13.5. The van der Waals surface area contributed by atoms with E-state index in [9.17, 15) is 0 Å². The van der Waals surface area contributed by atoms with E-state index in [0.29, 0.717) is 11.8 Å². The third-order valence-electron chi connectivity index (χ3n) is 4.01. The van der Waals surface area contributed by atoms with Crippen molar-refractivity contribution in [3.8, 4) is 5.75 Å². The van der Waals surface area contributed by atoms with Crippen LogP contribution >= 0.6 is 15.9 Å². The molecular weight excluding hydrogens is 302 g/mol. The van der Waals surface area contributed by atoms with Crippen molar-refractivity contribution < 1.29 is 4.74 Å². The molecule has 3 heteroatoms. The molecule has 2 rings (SSSR count). The molecular formula is C16H24BrNO. The summed E-state index contributed by atoms with van der Waals surface area (Å²) in [4.78, 5) is 0. The lowest BCUT2D eigenvalue weighted by Crippen LogP contribution is -2.33. The predicted molar refractivity (Wildman–Crippen MR) is 83.9 cm³/mol. The third-order valence-corrected chi connectivity index (χ3v) is 4.63. The molecule has 0 aliphatic carbocycles. The molecule has 0 aromatic heterocycles. The van der Waals surface area contributed by atoms with E-state index in [2.05, 4.69) is 53.3 Å². The molecule has 0 bridgehead atoms. The molecule has 1 aromatic carbocycles. The summed E-state index contributed by atoms with van der Waals surface area (Å²) in [5.74, 6) is 2.22. The van der Waals surface area contributed by atoms with Gasteiger partial charge in [-0.2, -0.15) is 0 Å². The maximum Gasteiger partial charge on any atom is 0.133 e. The molecule has 0 radical (unpaired) electrons. The Morgan fingerprint density at radius 3 is 2.95 bits per heavy atom. The van der Waals surface area contributed by atoms with E-state index in [1.165, 1.54) is 24.8 Å². The largest absolute Gasteiger partial charge is 0.492 e. The van der Waals surface area contributed by atoms with Gasteiger partial charge in [-0.1, -0.05) is 19.9 Å². The first kappa shape index (κ1) is 14.9. The van der Waals surface area contributed by atoms with Gasteiger partial charge in [0.1, 0.15) is 5.75 Å². The molecule has 1 aliphatic rings. The molecule has 1 N–H and O–H groups in total. The van der Waals surface area contributed by atoms with Crippen LogP contribution in [-0.4, -0.2) is 19.7 Å². The predicted octanol–water partition coefficient (Wildman–Crippen LogP) is 4.34. The minimum Gasteiger partial charge on any atom is -0.492 e. The Morgan fingerprint density at radius 2 is 2.32 bits per heavy atom. The van der Waals surface area contributed by atoms with Gasteiger partial charge >= 0.3 is 0 Å². The van der Waals surface area contributed by atoms with Crippen molar-refractivity contribution in [2.75, 3.05) is 19.7 Å². The van der Waals surface area contributed by atoms with Crippen molar-refractivity contribution in [3.05, 3.63) is 28.2 Å². The zero-order valence-electron chi connectivity index (χ0n) is 11.9. The van der Waals surface area contributed by atoms with Crippen LogP contribution in [0.1, 0.15) is 44.6 Å². The third kappa shape index (κ3) is 4.22. The Bertz CT molecular complexity index is 402. The number of benzene rings is 1. The van der Waals surface area contributed by atoms with Gasteiger partial charge in [-0.3, -0.25) is 0 Å². The van der Waals surface area contributed by atoms with Gasteiger partial charge in [-0.05, 0) is 65.4 Å². The highest BCUT2D eigenvalue weighted by molar-refractivity contribution is 9.10. The highest BCUT2D eigenvalue weighted by Crippen LogP contribution is 2.30. The van der Waals surface area contributed by atoms with Crippen molar-refractivity contribution in [3.63, 3.8) is 0 Å². The maximum atomic E-state index is 5.96. The molecule has 2 atom stereocenters.